The summed E-state index contributed by atoms with van der Waals surface area (Å²) in [5.74, 6) is 0.618. The van der Waals surface area contributed by atoms with Crippen molar-refractivity contribution in [2.24, 2.45) is 0 Å². The number of carbonyl (C=O) groups is 1. The zero-order chi connectivity index (χ0) is 24.5. The van der Waals surface area contributed by atoms with Gasteiger partial charge in [-0.05, 0) is 57.2 Å². The Morgan fingerprint density at radius 3 is 2.15 bits per heavy atom. The third-order valence-corrected chi connectivity index (χ3v) is 4.83. The van der Waals surface area contributed by atoms with Gasteiger partial charge in [0, 0.05) is 30.3 Å². The third-order valence-electron chi connectivity index (χ3n) is 4.83. The molecule has 0 saturated carbocycles. The lowest BCUT2D eigenvalue weighted by molar-refractivity contribution is 0.0951. The van der Waals surface area contributed by atoms with Crippen molar-refractivity contribution < 1.29 is 23.4 Å². The molecular formula is C25H28FN3O5. The molecule has 0 aliphatic rings. The first-order valence-corrected chi connectivity index (χ1v) is 11.1. The lowest BCUT2D eigenvalue weighted by atomic mass is 10.1. The highest BCUT2D eigenvalue weighted by molar-refractivity contribution is 5.95. The molecule has 1 N–H and O–H groups in total. The topological polar surface area (TPSA) is 91.7 Å². The minimum atomic E-state index is -0.359. The summed E-state index contributed by atoms with van der Waals surface area (Å²) in [6, 6.07) is 10.3. The summed E-state index contributed by atoms with van der Waals surface area (Å²) in [6.45, 7) is 7.21. The highest BCUT2D eigenvalue weighted by Crippen LogP contribution is 2.39. The summed E-state index contributed by atoms with van der Waals surface area (Å²) in [4.78, 5) is 29.5. The molecule has 0 bridgehead atoms. The Labute approximate surface area is 197 Å². The molecule has 2 aromatic carbocycles. The molecule has 1 amide bonds. The van der Waals surface area contributed by atoms with Crippen LogP contribution in [0.5, 0.6) is 17.2 Å². The van der Waals surface area contributed by atoms with Gasteiger partial charge >= 0.3 is 0 Å². The first-order valence-electron chi connectivity index (χ1n) is 11.1. The fraction of sp³-hybridized carbons (Fsp3) is 0.320. The van der Waals surface area contributed by atoms with Gasteiger partial charge in [-0.3, -0.25) is 14.2 Å². The van der Waals surface area contributed by atoms with Gasteiger partial charge in [0.1, 0.15) is 5.82 Å². The van der Waals surface area contributed by atoms with E-state index in [1.807, 2.05) is 20.8 Å². The number of aromatic nitrogens is 2. The minimum absolute atomic E-state index is 0.206. The number of nitrogens with one attached hydrogen (secondary N) is 1. The maximum Gasteiger partial charge on any atom is 0.253 e. The fourth-order valence-corrected chi connectivity index (χ4v) is 3.28. The second-order valence-corrected chi connectivity index (χ2v) is 7.17. The number of hydrogen-bond acceptors (Lipinski definition) is 6. The van der Waals surface area contributed by atoms with E-state index < -0.39 is 0 Å². The maximum atomic E-state index is 13.1. The van der Waals surface area contributed by atoms with E-state index in [4.69, 9.17) is 14.2 Å². The summed E-state index contributed by atoms with van der Waals surface area (Å²) in [6.07, 6.45) is 1.41. The van der Waals surface area contributed by atoms with Crippen LogP contribution in [0.15, 0.2) is 53.6 Å². The fourth-order valence-electron chi connectivity index (χ4n) is 3.28. The van der Waals surface area contributed by atoms with Gasteiger partial charge in [-0.25, -0.2) is 9.37 Å². The van der Waals surface area contributed by atoms with E-state index in [9.17, 15) is 14.0 Å². The average Bonchev–Trinajstić information content (AvgIpc) is 2.82. The Balaban J connectivity index is 1.69. The Hall–Kier alpha value is -3.88. The van der Waals surface area contributed by atoms with Crippen molar-refractivity contribution in [1.82, 2.24) is 14.9 Å². The van der Waals surface area contributed by atoms with E-state index in [-0.39, 0.29) is 30.4 Å². The highest BCUT2D eigenvalue weighted by Gasteiger charge is 2.18. The number of amides is 1. The van der Waals surface area contributed by atoms with Crippen LogP contribution < -0.4 is 25.1 Å². The SMILES string of the molecule is CCOc1cc(C(=O)NCCn2cnc(-c3ccc(F)cc3)cc2=O)cc(OCC)c1OCC. The Kier molecular flexibility index (Phi) is 8.61. The summed E-state index contributed by atoms with van der Waals surface area (Å²) >= 11 is 0. The first kappa shape index (κ1) is 24.8. The van der Waals surface area contributed by atoms with Gasteiger partial charge in [0.25, 0.3) is 11.5 Å². The van der Waals surface area contributed by atoms with E-state index >= 15 is 0 Å². The molecule has 1 aromatic heterocycles. The Bertz CT molecular complexity index is 1150. The van der Waals surface area contributed by atoms with Crippen LogP contribution in [-0.4, -0.2) is 41.8 Å². The molecule has 3 rings (SSSR count). The lowest BCUT2D eigenvalue weighted by Crippen LogP contribution is -2.30. The third kappa shape index (κ3) is 6.12. The molecule has 180 valence electrons. The lowest BCUT2D eigenvalue weighted by Gasteiger charge is -2.17. The normalized spacial score (nSPS) is 10.6. The second kappa shape index (κ2) is 11.8. The predicted octanol–water partition coefficient (Wildman–Crippen LogP) is 3.68. The zero-order valence-electron chi connectivity index (χ0n) is 19.5. The largest absolute Gasteiger partial charge is 0.490 e. The molecule has 1 heterocycles. The minimum Gasteiger partial charge on any atom is -0.490 e. The van der Waals surface area contributed by atoms with E-state index in [2.05, 4.69) is 10.3 Å². The van der Waals surface area contributed by atoms with Crippen LogP contribution in [0.4, 0.5) is 4.39 Å². The summed E-state index contributed by atoms with van der Waals surface area (Å²) in [5.41, 5.74) is 1.17. The molecule has 9 heteroatoms. The number of halogens is 1. The molecule has 0 saturated heterocycles. The van der Waals surface area contributed by atoms with Gasteiger partial charge in [0.05, 0.1) is 31.8 Å². The number of ether oxygens (including phenoxy) is 3. The number of hydrogen-bond donors (Lipinski definition) is 1. The summed E-state index contributed by atoms with van der Waals surface area (Å²) in [7, 11) is 0. The molecule has 0 fully saturated rings. The average molecular weight is 470 g/mol. The predicted molar refractivity (Wildman–Crippen MR) is 126 cm³/mol. The zero-order valence-corrected chi connectivity index (χ0v) is 19.5. The number of benzene rings is 2. The van der Waals surface area contributed by atoms with Crippen molar-refractivity contribution in [3.63, 3.8) is 0 Å². The van der Waals surface area contributed by atoms with Crippen molar-refractivity contribution >= 4 is 5.91 Å². The van der Waals surface area contributed by atoms with Gasteiger partial charge < -0.3 is 19.5 Å². The quantitative estimate of drug-likeness (QED) is 0.461. The van der Waals surface area contributed by atoms with Crippen LogP contribution in [0.2, 0.25) is 0 Å². The monoisotopic (exact) mass is 469 g/mol. The van der Waals surface area contributed by atoms with Crippen LogP contribution >= 0.6 is 0 Å². The van der Waals surface area contributed by atoms with Gasteiger partial charge in [-0.15, -0.1) is 0 Å². The highest BCUT2D eigenvalue weighted by atomic mass is 19.1. The molecular weight excluding hydrogens is 441 g/mol. The van der Waals surface area contributed by atoms with Crippen molar-refractivity contribution in [1.29, 1.82) is 0 Å². The standard InChI is InChI=1S/C25H28FN3O5/c1-4-32-21-13-18(14-22(33-5-2)24(21)34-6-3)25(31)27-11-12-29-16-28-20(15-23(29)30)17-7-9-19(26)10-8-17/h7-10,13-16H,4-6,11-12H2,1-3H3,(H,27,31). The molecule has 0 atom stereocenters. The van der Waals surface area contributed by atoms with Crippen molar-refractivity contribution in [2.45, 2.75) is 27.3 Å². The Morgan fingerprint density at radius 1 is 0.971 bits per heavy atom. The van der Waals surface area contributed by atoms with Crippen LogP contribution in [0.3, 0.4) is 0 Å². The smallest absolute Gasteiger partial charge is 0.253 e. The molecule has 0 unspecified atom stereocenters. The van der Waals surface area contributed by atoms with E-state index in [1.165, 1.54) is 29.1 Å². The number of rotatable bonds is 11. The van der Waals surface area contributed by atoms with Crippen molar-refractivity contribution in [3.05, 3.63) is 70.5 Å². The van der Waals surface area contributed by atoms with Crippen LogP contribution in [-0.2, 0) is 6.54 Å². The summed E-state index contributed by atoms with van der Waals surface area (Å²) < 4.78 is 31.5. The molecule has 34 heavy (non-hydrogen) atoms. The van der Waals surface area contributed by atoms with Gasteiger partial charge in [-0.2, -0.15) is 0 Å². The maximum absolute atomic E-state index is 13.1. The van der Waals surface area contributed by atoms with Gasteiger partial charge in [-0.1, -0.05) is 0 Å². The van der Waals surface area contributed by atoms with Crippen LogP contribution in [0.1, 0.15) is 31.1 Å². The number of carbonyl (C=O) groups excluding carboxylic acids is 1. The number of nitrogens with zero attached hydrogens (tertiary/aromatic N) is 2. The second-order valence-electron chi connectivity index (χ2n) is 7.17. The molecule has 3 aromatic rings. The van der Waals surface area contributed by atoms with E-state index in [1.54, 1.807) is 24.3 Å². The van der Waals surface area contributed by atoms with E-state index in [0.29, 0.717) is 53.9 Å². The molecule has 0 spiro atoms. The van der Waals surface area contributed by atoms with Gasteiger partial charge in [0.15, 0.2) is 11.5 Å². The molecule has 8 nitrogen and oxygen atoms in total. The van der Waals surface area contributed by atoms with E-state index in [0.717, 1.165) is 0 Å². The van der Waals surface area contributed by atoms with Crippen LogP contribution in [0.25, 0.3) is 11.3 Å². The Morgan fingerprint density at radius 2 is 1.59 bits per heavy atom. The van der Waals surface area contributed by atoms with Crippen molar-refractivity contribution in [3.8, 4) is 28.5 Å². The molecule has 0 aliphatic carbocycles. The van der Waals surface area contributed by atoms with Gasteiger partial charge in [0.2, 0.25) is 5.75 Å². The van der Waals surface area contributed by atoms with Crippen molar-refractivity contribution in [2.75, 3.05) is 26.4 Å². The van der Waals surface area contributed by atoms with Crippen LogP contribution in [0, 0.1) is 5.82 Å². The first-order chi connectivity index (χ1) is 16.5. The summed E-state index contributed by atoms with van der Waals surface area (Å²) in [5, 5.41) is 2.80. The molecule has 0 aliphatic heterocycles. The molecule has 0 radical (unpaired) electrons.